The highest BCUT2D eigenvalue weighted by atomic mass is 79.9. The number of sulfonamides is 1. The number of hydrogen-bond acceptors (Lipinski definition) is 4. The van der Waals surface area contributed by atoms with E-state index in [1.165, 1.54) is 4.90 Å². The highest BCUT2D eigenvalue weighted by Gasteiger charge is 2.30. The normalized spacial score (nSPS) is 12.3. The molecule has 2 aromatic carbocycles. The summed E-state index contributed by atoms with van der Waals surface area (Å²) in [6.45, 7) is 7.86. The van der Waals surface area contributed by atoms with Gasteiger partial charge in [-0.2, -0.15) is 0 Å². The topological polar surface area (TPSA) is 86.8 Å². The predicted molar refractivity (Wildman–Crippen MR) is 135 cm³/mol. The largest absolute Gasteiger partial charge is 0.354 e. The molecule has 1 N–H and O–H groups in total. The Balaban J connectivity index is 2.35. The number of carbonyl (C=O) groups excluding carboxylic acids is 2. The number of amides is 2. The SMILES string of the molecule is Cc1cccc(CN(C(=O)CN(c2ccc(Br)cc2)S(C)(=O)=O)[C@H](C)C(=O)NCC(C)C)c1. The van der Waals surface area contributed by atoms with E-state index in [1.54, 1.807) is 31.2 Å². The number of benzene rings is 2. The van der Waals surface area contributed by atoms with Crippen LogP contribution in [0.5, 0.6) is 0 Å². The number of rotatable bonds is 10. The molecule has 7 nitrogen and oxygen atoms in total. The molecule has 180 valence electrons. The quantitative estimate of drug-likeness (QED) is 0.500. The zero-order valence-electron chi connectivity index (χ0n) is 19.7. The van der Waals surface area contributed by atoms with Gasteiger partial charge in [-0.3, -0.25) is 13.9 Å². The zero-order chi connectivity index (χ0) is 24.8. The van der Waals surface area contributed by atoms with Crippen molar-refractivity contribution in [2.75, 3.05) is 23.7 Å². The maximum atomic E-state index is 13.4. The minimum Gasteiger partial charge on any atom is -0.354 e. The number of aryl methyl sites for hydroxylation is 1. The molecule has 0 aromatic heterocycles. The maximum Gasteiger partial charge on any atom is 0.244 e. The van der Waals surface area contributed by atoms with Gasteiger partial charge in [0, 0.05) is 17.6 Å². The van der Waals surface area contributed by atoms with E-state index in [4.69, 9.17) is 0 Å². The molecule has 0 heterocycles. The lowest BCUT2D eigenvalue weighted by atomic mass is 10.1. The van der Waals surface area contributed by atoms with Gasteiger partial charge >= 0.3 is 0 Å². The third-order valence-electron chi connectivity index (χ3n) is 5.08. The lowest BCUT2D eigenvalue weighted by molar-refractivity contribution is -0.139. The van der Waals surface area contributed by atoms with Crippen LogP contribution in [0.15, 0.2) is 53.0 Å². The van der Waals surface area contributed by atoms with E-state index in [2.05, 4.69) is 21.2 Å². The van der Waals surface area contributed by atoms with Gasteiger partial charge < -0.3 is 10.2 Å². The minimum absolute atomic E-state index is 0.189. The van der Waals surface area contributed by atoms with Gasteiger partial charge in [-0.05, 0) is 49.6 Å². The van der Waals surface area contributed by atoms with Crippen LogP contribution in [0.4, 0.5) is 5.69 Å². The van der Waals surface area contributed by atoms with Crippen LogP contribution < -0.4 is 9.62 Å². The first kappa shape index (κ1) is 26.9. The van der Waals surface area contributed by atoms with Crippen molar-refractivity contribution in [1.82, 2.24) is 10.2 Å². The monoisotopic (exact) mass is 537 g/mol. The van der Waals surface area contributed by atoms with Gasteiger partial charge in [-0.25, -0.2) is 8.42 Å². The Labute approximate surface area is 205 Å². The van der Waals surface area contributed by atoms with Crippen molar-refractivity contribution in [1.29, 1.82) is 0 Å². The Morgan fingerprint density at radius 2 is 1.70 bits per heavy atom. The molecule has 0 bridgehead atoms. The van der Waals surface area contributed by atoms with Crippen LogP contribution in [0.3, 0.4) is 0 Å². The van der Waals surface area contributed by atoms with Gasteiger partial charge in [0.15, 0.2) is 0 Å². The second-order valence-corrected chi connectivity index (χ2v) is 11.4. The second kappa shape index (κ2) is 11.7. The second-order valence-electron chi connectivity index (χ2n) is 8.57. The molecule has 0 unspecified atom stereocenters. The van der Waals surface area contributed by atoms with Crippen LogP contribution in [0.2, 0.25) is 0 Å². The van der Waals surface area contributed by atoms with Gasteiger partial charge in [0.25, 0.3) is 0 Å². The molecular weight excluding hydrogens is 506 g/mol. The molecule has 0 radical (unpaired) electrons. The van der Waals surface area contributed by atoms with Crippen LogP contribution in [0, 0.1) is 12.8 Å². The third-order valence-corrected chi connectivity index (χ3v) is 6.75. The van der Waals surface area contributed by atoms with Gasteiger partial charge in [0.1, 0.15) is 12.6 Å². The lowest BCUT2D eigenvalue weighted by Gasteiger charge is -2.31. The molecule has 2 aromatic rings. The Morgan fingerprint density at radius 3 is 2.24 bits per heavy atom. The fraction of sp³-hybridized carbons (Fsp3) is 0.417. The van der Waals surface area contributed by atoms with E-state index in [9.17, 15) is 18.0 Å². The molecule has 2 rings (SSSR count). The number of hydrogen-bond donors (Lipinski definition) is 1. The third kappa shape index (κ3) is 8.16. The van der Waals surface area contributed by atoms with Crippen molar-refractivity contribution in [2.45, 2.75) is 40.3 Å². The fourth-order valence-electron chi connectivity index (χ4n) is 3.26. The summed E-state index contributed by atoms with van der Waals surface area (Å²) in [6.07, 6.45) is 1.06. The van der Waals surface area contributed by atoms with Crippen molar-refractivity contribution >= 4 is 43.5 Å². The molecule has 0 aliphatic heterocycles. The summed E-state index contributed by atoms with van der Waals surface area (Å²) in [4.78, 5) is 27.7. The predicted octanol–water partition coefficient (Wildman–Crippen LogP) is 3.71. The summed E-state index contributed by atoms with van der Waals surface area (Å²) in [5, 5.41) is 2.87. The molecule has 1 atom stereocenters. The first-order valence-corrected chi connectivity index (χ1v) is 13.4. The van der Waals surface area contributed by atoms with Crippen LogP contribution >= 0.6 is 15.9 Å². The van der Waals surface area contributed by atoms with E-state index in [-0.39, 0.29) is 18.4 Å². The Morgan fingerprint density at radius 1 is 1.06 bits per heavy atom. The molecular formula is C24H32BrN3O4S. The molecule has 9 heteroatoms. The number of halogens is 1. The average molecular weight is 539 g/mol. The fourth-order valence-corrected chi connectivity index (χ4v) is 4.38. The molecule has 0 saturated heterocycles. The van der Waals surface area contributed by atoms with Crippen molar-refractivity contribution in [3.63, 3.8) is 0 Å². The standard InChI is InChI=1S/C24H32BrN3O4S/c1-17(2)14-26-24(30)19(4)27(15-20-8-6-7-18(3)13-20)23(29)16-28(33(5,31)32)22-11-9-21(25)10-12-22/h6-13,17,19H,14-16H2,1-5H3,(H,26,30)/t19-/m1/s1. The van der Waals surface area contributed by atoms with Crippen LogP contribution in [-0.2, 0) is 26.2 Å². The van der Waals surface area contributed by atoms with Crippen molar-refractivity contribution in [3.05, 3.63) is 64.1 Å². The molecule has 33 heavy (non-hydrogen) atoms. The van der Waals surface area contributed by atoms with Crippen molar-refractivity contribution in [2.24, 2.45) is 5.92 Å². The number of carbonyl (C=O) groups is 2. The Bertz CT molecular complexity index is 1070. The average Bonchev–Trinajstić information content (AvgIpc) is 2.73. The van der Waals surface area contributed by atoms with E-state index in [0.29, 0.717) is 12.2 Å². The molecule has 0 aliphatic rings. The number of nitrogens with one attached hydrogen (secondary N) is 1. The molecule has 0 spiro atoms. The first-order valence-electron chi connectivity index (χ1n) is 10.7. The summed E-state index contributed by atoms with van der Waals surface area (Å²) in [5.41, 5.74) is 2.27. The molecule has 0 aliphatic carbocycles. The summed E-state index contributed by atoms with van der Waals surface area (Å²) in [7, 11) is -3.74. The molecule has 0 saturated carbocycles. The van der Waals surface area contributed by atoms with E-state index >= 15 is 0 Å². The van der Waals surface area contributed by atoms with Crippen molar-refractivity contribution in [3.8, 4) is 0 Å². The van der Waals surface area contributed by atoms with Gasteiger partial charge in [-0.15, -0.1) is 0 Å². The van der Waals surface area contributed by atoms with Gasteiger partial charge in [0.05, 0.1) is 11.9 Å². The smallest absolute Gasteiger partial charge is 0.244 e. The van der Waals surface area contributed by atoms with E-state index < -0.39 is 28.5 Å². The van der Waals surface area contributed by atoms with Crippen molar-refractivity contribution < 1.29 is 18.0 Å². The summed E-state index contributed by atoms with van der Waals surface area (Å²) in [5.74, 6) is -0.475. The highest BCUT2D eigenvalue weighted by Crippen LogP contribution is 2.21. The van der Waals surface area contributed by atoms with E-state index in [0.717, 1.165) is 26.2 Å². The summed E-state index contributed by atoms with van der Waals surface area (Å²) < 4.78 is 26.9. The Hall–Kier alpha value is -2.39. The molecule has 0 fully saturated rings. The summed E-state index contributed by atoms with van der Waals surface area (Å²) in [6, 6.07) is 13.6. The lowest BCUT2D eigenvalue weighted by Crippen LogP contribution is -2.51. The van der Waals surface area contributed by atoms with Crippen LogP contribution in [0.25, 0.3) is 0 Å². The maximum absolute atomic E-state index is 13.4. The zero-order valence-corrected chi connectivity index (χ0v) is 22.1. The highest BCUT2D eigenvalue weighted by molar-refractivity contribution is 9.10. The first-order chi connectivity index (χ1) is 15.4. The summed E-state index contributed by atoms with van der Waals surface area (Å²) >= 11 is 3.33. The number of anilines is 1. The molecule has 2 amide bonds. The van der Waals surface area contributed by atoms with Gasteiger partial charge in [0.2, 0.25) is 21.8 Å². The number of nitrogens with zero attached hydrogens (tertiary/aromatic N) is 2. The minimum atomic E-state index is -3.74. The van der Waals surface area contributed by atoms with Crippen LogP contribution in [-0.4, -0.2) is 50.5 Å². The van der Waals surface area contributed by atoms with Gasteiger partial charge in [-0.1, -0.05) is 59.6 Å². The Kier molecular flexibility index (Phi) is 9.48. The van der Waals surface area contributed by atoms with Crippen LogP contribution in [0.1, 0.15) is 31.9 Å². The van der Waals surface area contributed by atoms with E-state index in [1.807, 2.05) is 45.0 Å².